The van der Waals surface area contributed by atoms with E-state index in [-0.39, 0.29) is 5.75 Å². The Morgan fingerprint density at radius 3 is 3.08 bits per heavy atom. The largest absolute Gasteiger partial charge is 0.504 e. The number of rotatable bonds is 4. The van der Waals surface area contributed by atoms with Gasteiger partial charge < -0.3 is 9.84 Å². The molecule has 1 aromatic heterocycles. The van der Waals surface area contributed by atoms with Crippen LogP contribution in [0.25, 0.3) is 0 Å². The molecule has 1 aromatic carbocycles. The van der Waals surface area contributed by atoms with Crippen LogP contribution in [0, 0.1) is 0 Å². The van der Waals surface area contributed by atoms with E-state index < -0.39 is 0 Å². The van der Waals surface area contributed by atoms with Gasteiger partial charge in [-0.3, -0.25) is 4.90 Å². The van der Waals surface area contributed by atoms with E-state index >= 15 is 0 Å². The lowest BCUT2D eigenvalue weighted by atomic mass is 9.86. The fourth-order valence-electron chi connectivity index (χ4n) is 4.03. The van der Waals surface area contributed by atoms with E-state index in [1.54, 1.807) is 18.1 Å². The average molecular weight is 408 g/mol. The number of aryl methyl sites for hydroxylation is 1. The zero-order chi connectivity index (χ0) is 16.7. The van der Waals surface area contributed by atoms with Crippen molar-refractivity contribution in [3.8, 4) is 11.5 Å². The van der Waals surface area contributed by atoms with Crippen LogP contribution in [0.5, 0.6) is 11.5 Å². The minimum atomic E-state index is 0.250. The third-order valence-corrected chi connectivity index (χ3v) is 7.02. The third kappa shape index (κ3) is 2.76. The van der Waals surface area contributed by atoms with E-state index in [1.165, 1.54) is 28.8 Å². The third-order valence-electron chi connectivity index (χ3n) is 5.19. The molecular formula is C19H22BrNO2S. The SMILES string of the molecule is COc1c(O)ccc2c1CN1CCc3sc(CCCBr)cc3[C@@H]1C2. The molecule has 0 unspecified atom stereocenters. The summed E-state index contributed by atoms with van der Waals surface area (Å²) in [4.78, 5) is 5.65. The highest BCUT2D eigenvalue weighted by Gasteiger charge is 2.34. The normalized spacial score (nSPS) is 19.5. The summed E-state index contributed by atoms with van der Waals surface area (Å²) >= 11 is 5.55. The maximum atomic E-state index is 10.1. The van der Waals surface area contributed by atoms with Gasteiger partial charge in [0, 0.05) is 39.8 Å². The first-order chi connectivity index (χ1) is 11.7. The maximum absolute atomic E-state index is 10.1. The monoisotopic (exact) mass is 407 g/mol. The Labute approximate surface area is 155 Å². The quantitative estimate of drug-likeness (QED) is 0.759. The second kappa shape index (κ2) is 6.70. The molecule has 0 spiro atoms. The van der Waals surface area contributed by atoms with Crippen LogP contribution in [-0.4, -0.2) is 29.0 Å². The summed E-state index contributed by atoms with van der Waals surface area (Å²) in [5.41, 5.74) is 4.01. The summed E-state index contributed by atoms with van der Waals surface area (Å²) in [6.07, 6.45) is 4.52. The Kier molecular flexibility index (Phi) is 4.58. The fraction of sp³-hybridized carbons (Fsp3) is 0.474. The molecule has 1 atom stereocenters. The van der Waals surface area contributed by atoms with E-state index in [9.17, 15) is 5.11 Å². The number of fused-ring (bicyclic) bond motifs is 4. The van der Waals surface area contributed by atoms with Gasteiger partial charge >= 0.3 is 0 Å². The van der Waals surface area contributed by atoms with Gasteiger partial charge in [-0.1, -0.05) is 22.0 Å². The fourth-order valence-corrected chi connectivity index (χ4v) is 5.56. The first-order valence-electron chi connectivity index (χ1n) is 8.50. The Morgan fingerprint density at radius 2 is 2.29 bits per heavy atom. The van der Waals surface area contributed by atoms with Crippen LogP contribution < -0.4 is 4.74 Å². The van der Waals surface area contributed by atoms with Gasteiger partial charge in [0.15, 0.2) is 11.5 Å². The van der Waals surface area contributed by atoms with Gasteiger partial charge in [0.1, 0.15) is 0 Å². The Hall–Kier alpha value is -1.04. The Morgan fingerprint density at radius 1 is 1.42 bits per heavy atom. The molecule has 5 heteroatoms. The smallest absolute Gasteiger partial charge is 0.165 e. The van der Waals surface area contributed by atoms with Crippen molar-refractivity contribution in [3.63, 3.8) is 0 Å². The molecule has 0 aliphatic carbocycles. The van der Waals surface area contributed by atoms with Gasteiger partial charge in [-0.2, -0.15) is 0 Å². The van der Waals surface area contributed by atoms with Crippen LogP contribution in [-0.2, 0) is 25.8 Å². The minimum Gasteiger partial charge on any atom is -0.504 e. The first-order valence-corrected chi connectivity index (χ1v) is 10.4. The number of thiophene rings is 1. The lowest BCUT2D eigenvalue weighted by Crippen LogP contribution is -2.38. The summed E-state index contributed by atoms with van der Waals surface area (Å²) in [7, 11) is 1.64. The molecule has 0 saturated carbocycles. The first kappa shape index (κ1) is 16.4. The van der Waals surface area contributed by atoms with Crippen LogP contribution in [0.2, 0.25) is 0 Å². The zero-order valence-corrected chi connectivity index (χ0v) is 16.3. The predicted molar refractivity (Wildman–Crippen MR) is 102 cm³/mol. The molecule has 3 nitrogen and oxygen atoms in total. The molecule has 24 heavy (non-hydrogen) atoms. The van der Waals surface area contributed by atoms with Crippen LogP contribution in [0.1, 0.15) is 38.9 Å². The number of phenolic OH excluding ortho intramolecular Hbond substituents is 1. The lowest BCUT2D eigenvalue weighted by Gasteiger charge is -2.40. The summed E-state index contributed by atoms with van der Waals surface area (Å²) in [6.45, 7) is 1.96. The summed E-state index contributed by atoms with van der Waals surface area (Å²) in [5.74, 6) is 0.903. The maximum Gasteiger partial charge on any atom is 0.165 e. The van der Waals surface area contributed by atoms with Crippen LogP contribution in [0.3, 0.4) is 0 Å². The predicted octanol–water partition coefficient (Wildman–Crippen LogP) is 4.45. The molecular weight excluding hydrogens is 386 g/mol. The van der Waals surface area contributed by atoms with Gasteiger partial charge in [-0.25, -0.2) is 0 Å². The molecule has 2 aromatic rings. The van der Waals surface area contributed by atoms with E-state index in [2.05, 4.69) is 33.0 Å². The minimum absolute atomic E-state index is 0.250. The standard InChI is InChI=1S/C19H22BrNO2S/c1-23-19-15-11-21-8-6-18-14(10-13(24-18)3-2-7-20)16(21)9-12(15)4-5-17(19)22/h4-5,10,16,22H,2-3,6-9,11H2,1H3/t16-/m0/s1. The molecule has 0 amide bonds. The van der Waals surface area contributed by atoms with E-state index in [1.807, 2.05) is 11.3 Å². The number of alkyl halides is 1. The van der Waals surface area contributed by atoms with Crippen LogP contribution >= 0.6 is 27.3 Å². The molecule has 4 rings (SSSR count). The van der Waals surface area contributed by atoms with E-state index in [4.69, 9.17) is 4.74 Å². The van der Waals surface area contributed by atoms with Gasteiger partial charge in [-0.15, -0.1) is 11.3 Å². The number of aromatic hydroxyl groups is 1. The highest BCUT2D eigenvalue weighted by Crippen LogP contribution is 2.45. The highest BCUT2D eigenvalue weighted by molar-refractivity contribution is 9.09. The van der Waals surface area contributed by atoms with E-state index in [0.717, 1.165) is 36.8 Å². The number of hydrogen-bond acceptors (Lipinski definition) is 4. The summed E-state index contributed by atoms with van der Waals surface area (Å²) in [6, 6.07) is 6.76. The zero-order valence-electron chi connectivity index (χ0n) is 13.8. The molecule has 2 aliphatic rings. The molecule has 0 bridgehead atoms. The van der Waals surface area contributed by atoms with Crippen molar-refractivity contribution >= 4 is 27.3 Å². The van der Waals surface area contributed by atoms with Gasteiger partial charge in [0.05, 0.1) is 7.11 Å². The highest BCUT2D eigenvalue weighted by atomic mass is 79.9. The molecule has 0 saturated heterocycles. The van der Waals surface area contributed by atoms with Crippen molar-refractivity contribution in [2.45, 2.75) is 38.3 Å². The second-order valence-electron chi connectivity index (χ2n) is 6.58. The van der Waals surface area contributed by atoms with Crippen molar-refractivity contribution in [1.82, 2.24) is 4.90 Å². The van der Waals surface area contributed by atoms with Crippen molar-refractivity contribution in [1.29, 1.82) is 0 Å². The summed E-state index contributed by atoms with van der Waals surface area (Å²) < 4.78 is 5.46. The Balaban J connectivity index is 1.67. The van der Waals surface area contributed by atoms with Crippen LogP contribution in [0.15, 0.2) is 18.2 Å². The molecule has 0 fully saturated rings. The number of halogens is 1. The number of phenols is 1. The molecule has 2 aliphatic heterocycles. The average Bonchev–Trinajstić information content (AvgIpc) is 3.02. The number of hydrogen-bond donors (Lipinski definition) is 1. The molecule has 3 heterocycles. The topological polar surface area (TPSA) is 32.7 Å². The van der Waals surface area contributed by atoms with Crippen molar-refractivity contribution in [2.24, 2.45) is 0 Å². The Bertz CT molecular complexity index is 758. The van der Waals surface area contributed by atoms with Crippen molar-refractivity contribution in [3.05, 3.63) is 44.6 Å². The summed E-state index contributed by atoms with van der Waals surface area (Å²) in [5, 5.41) is 11.1. The van der Waals surface area contributed by atoms with Crippen molar-refractivity contribution in [2.75, 3.05) is 19.0 Å². The van der Waals surface area contributed by atoms with Gasteiger partial charge in [-0.05, 0) is 48.9 Å². The molecule has 1 N–H and O–H groups in total. The van der Waals surface area contributed by atoms with Crippen LogP contribution in [0.4, 0.5) is 0 Å². The number of methoxy groups -OCH3 is 1. The van der Waals surface area contributed by atoms with Gasteiger partial charge in [0.25, 0.3) is 0 Å². The van der Waals surface area contributed by atoms with Crippen molar-refractivity contribution < 1.29 is 9.84 Å². The molecule has 128 valence electrons. The second-order valence-corrected chi connectivity index (χ2v) is 8.59. The number of benzene rings is 1. The number of ether oxygens (including phenoxy) is 1. The molecule has 0 radical (unpaired) electrons. The van der Waals surface area contributed by atoms with Gasteiger partial charge in [0.2, 0.25) is 0 Å². The lowest BCUT2D eigenvalue weighted by molar-refractivity contribution is 0.159. The number of nitrogens with zero attached hydrogens (tertiary/aromatic N) is 1. The van der Waals surface area contributed by atoms with E-state index in [0.29, 0.717) is 11.8 Å².